The number of ether oxygens (including phenoxy) is 3. The van der Waals surface area contributed by atoms with Gasteiger partial charge in [-0.15, -0.1) is 0 Å². The molecule has 4 aromatic carbocycles. The maximum absolute atomic E-state index is 13.2. The van der Waals surface area contributed by atoms with Crippen LogP contribution in [0.3, 0.4) is 0 Å². The van der Waals surface area contributed by atoms with E-state index in [1.807, 2.05) is 91.0 Å². The Kier molecular flexibility index (Phi) is 11.1. The van der Waals surface area contributed by atoms with Crippen LogP contribution in [-0.4, -0.2) is 47.6 Å². The molecule has 0 aliphatic heterocycles. The summed E-state index contributed by atoms with van der Waals surface area (Å²) < 4.78 is 16.6. The molecule has 0 saturated heterocycles. The summed E-state index contributed by atoms with van der Waals surface area (Å²) >= 11 is 0. The van der Waals surface area contributed by atoms with Crippen LogP contribution in [0.5, 0.6) is 11.5 Å². The number of carbonyl (C=O) groups is 3. The van der Waals surface area contributed by atoms with E-state index in [-0.39, 0.29) is 44.3 Å². The van der Waals surface area contributed by atoms with Gasteiger partial charge in [-0.1, -0.05) is 97.1 Å². The topological polar surface area (TPSA) is 114 Å². The van der Waals surface area contributed by atoms with E-state index >= 15 is 0 Å². The number of aromatic hydroxyl groups is 1. The summed E-state index contributed by atoms with van der Waals surface area (Å²) in [5.41, 5.74) is 3.16. The predicted octanol–water partition coefficient (Wildman–Crippen LogP) is 5.01. The molecule has 1 atom stereocenters. The highest BCUT2D eigenvalue weighted by Gasteiger charge is 2.25. The number of nitrogens with one attached hydrogen (secondary N) is 1. The van der Waals surface area contributed by atoms with Crippen molar-refractivity contribution in [3.05, 3.63) is 131 Å². The molecule has 0 aliphatic carbocycles. The Bertz CT molecular complexity index is 1480. The van der Waals surface area contributed by atoms with Crippen molar-refractivity contribution in [2.75, 3.05) is 13.6 Å². The first kappa shape index (κ1) is 30.6. The Labute approximate surface area is 250 Å². The summed E-state index contributed by atoms with van der Waals surface area (Å²) in [4.78, 5) is 39.7. The average Bonchev–Trinajstić information content (AvgIpc) is 3.03. The fourth-order valence-corrected chi connectivity index (χ4v) is 4.14. The number of hydrogen-bond acceptors (Lipinski definition) is 7. The van der Waals surface area contributed by atoms with Crippen molar-refractivity contribution in [2.45, 2.75) is 32.3 Å². The van der Waals surface area contributed by atoms with Crippen molar-refractivity contribution in [1.29, 1.82) is 0 Å². The Balaban J connectivity index is 1.40. The van der Waals surface area contributed by atoms with Crippen LogP contribution >= 0.6 is 0 Å². The number of phenolic OH excluding ortho intramolecular Hbond substituents is 1. The molecule has 9 heteroatoms. The van der Waals surface area contributed by atoms with Crippen LogP contribution in [0.2, 0.25) is 0 Å². The van der Waals surface area contributed by atoms with Gasteiger partial charge in [-0.2, -0.15) is 0 Å². The van der Waals surface area contributed by atoms with Crippen LogP contribution in [0.4, 0.5) is 4.79 Å². The van der Waals surface area contributed by atoms with Gasteiger partial charge in [0.25, 0.3) is 0 Å². The summed E-state index contributed by atoms with van der Waals surface area (Å²) in [6.07, 6.45) is -0.621. The summed E-state index contributed by atoms with van der Waals surface area (Å²) in [7, 11) is 1.44. The first-order chi connectivity index (χ1) is 20.9. The van der Waals surface area contributed by atoms with Gasteiger partial charge >= 0.3 is 12.1 Å². The second-order valence-corrected chi connectivity index (χ2v) is 9.89. The lowest BCUT2D eigenvalue weighted by molar-refractivity contribution is -0.149. The van der Waals surface area contributed by atoms with Crippen molar-refractivity contribution < 1.29 is 33.7 Å². The lowest BCUT2D eigenvalue weighted by Crippen LogP contribution is -2.47. The van der Waals surface area contributed by atoms with E-state index in [1.54, 1.807) is 12.1 Å². The number of amides is 2. The molecule has 4 aromatic rings. The van der Waals surface area contributed by atoms with E-state index in [2.05, 4.69) is 5.32 Å². The van der Waals surface area contributed by atoms with Gasteiger partial charge in [0.2, 0.25) is 5.91 Å². The molecule has 0 unspecified atom stereocenters. The lowest BCUT2D eigenvalue weighted by atomic mass is 10.0. The Morgan fingerprint density at radius 3 is 1.84 bits per heavy atom. The van der Waals surface area contributed by atoms with Crippen LogP contribution in [0.25, 0.3) is 0 Å². The summed E-state index contributed by atoms with van der Waals surface area (Å²) in [6, 6.07) is 31.5. The normalized spacial score (nSPS) is 11.2. The fraction of sp³-hybridized carbons (Fsp3) is 0.206. The highest BCUT2D eigenvalue weighted by molar-refractivity contribution is 5.87. The zero-order valence-corrected chi connectivity index (χ0v) is 23.8. The molecule has 4 rings (SSSR count). The number of carbonyl (C=O) groups excluding carboxylic acids is 3. The van der Waals surface area contributed by atoms with Crippen LogP contribution in [0.15, 0.2) is 109 Å². The molecule has 2 N–H and O–H groups in total. The first-order valence-corrected chi connectivity index (χ1v) is 13.8. The lowest BCUT2D eigenvalue weighted by Gasteiger charge is -2.21. The zero-order chi connectivity index (χ0) is 30.4. The predicted molar refractivity (Wildman–Crippen MR) is 160 cm³/mol. The van der Waals surface area contributed by atoms with Crippen LogP contribution in [0.1, 0.15) is 22.3 Å². The Hall–Kier alpha value is -5.31. The largest absolute Gasteiger partial charge is 0.504 e. The smallest absolute Gasteiger partial charge is 0.410 e. The third-order valence-corrected chi connectivity index (χ3v) is 6.44. The van der Waals surface area contributed by atoms with E-state index in [0.29, 0.717) is 5.56 Å². The molecular weight excluding hydrogens is 548 g/mol. The molecule has 0 fully saturated rings. The van der Waals surface area contributed by atoms with Crippen molar-refractivity contribution >= 4 is 18.0 Å². The van der Waals surface area contributed by atoms with Crippen molar-refractivity contribution in [3.63, 3.8) is 0 Å². The van der Waals surface area contributed by atoms with E-state index in [0.717, 1.165) is 21.6 Å². The number of likely N-dealkylation sites (N-methyl/N-ethyl adjacent to an activating group) is 1. The minimum absolute atomic E-state index is 0.0266. The second kappa shape index (κ2) is 15.6. The highest BCUT2D eigenvalue weighted by atomic mass is 16.6. The molecule has 0 aliphatic rings. The molecule has 0 heterocycles. The average molecular weight is 583 g/mol. The molecule has 9 nitrogen and oxygen atoms in total. The number of esters is 1. The number of rotatable bonds is 13. The van der Waals surface area contributed by atoms with E-state index < -0.39 is 24.0 Å². The van der Waals surface area contributed by atoms with Gasteiger partial charge in [0, 0.05) is 13.5 Å². The van der Waals surface area contributed by atoms with Gasteiger partial charge in [-0.25, -0.2) is 9.59 Å². The van der Waals surface area contributed by atoms with Gasteiger partial charge < -0.3 is 29.5 Å². The maximum Gasteiger partial charge on any atom is 0.410 e. The maximum atomic E-state index is 13.2. The number of hydrogen-bond donors (Lipinski definition) is 2. The molecule has 222 valence electrons. The van der Waals surface area contributed by atoms with Gasteiger partial charge in [0.15, 0.2) is 11.5 Å². The third kappa shape index (κ3) is 9.93. The second-order valence-electron chi connectivity index (χ2n) is 9.89. The Morgan fingerprint density at radius 2 is 1.26 bits per heavy atom. The molecular formula is C34H34N2O7. The Morgan fingerprint density at radius 1 is 0.721 bits per heavy atom. The van der Waals surface area contributed by atoms with E-state index in [1.165, 1.54) is 13.1 Å². The van der Waals surface area contributed by atoms with Crippen molar-refractivity contribution in [3.8, 4) is 11.5 Å². The minimum Gasteiger partial charge on any atom is -0.504 e. The molecule has 0 radical (unpaired) electrons. The summed E-state index contributed by atoms with van der Waals surface area (Å²) in [6.45, 7) is -0.00465. The van der Waals surface area contributed by atoms with E-state index in [9.17, 15) is 19.5 Å². The molecule has 0 saturated carbocycles. The van der Waals surface area contributed by atoms with Crippen molar-refractivity contribution in [1.82, 2.24) is 10.2 Å². The minimum atomic E-state index is -1.07. The summed E-state index contributed by atoms with van der Waals surface area (Å²) in [5, 5.41) is 13.0. The van der Waals surface area contributed by atoms with Gasteiger partial charge in [0.1, 0.15) is 32.4 Å². The molecule has 0 bridgehead atoms. The SMILES string of the molecule is CN(CC(=O)N[C@@H](Cc1ccc(O)c(OCc2ccccc2)c1)C(=O)OCc1ccccc1)C(=O)OCc1ccccc1. The summed E-state index contributed by atoms with van der Waals surface area (Å²) in [5.74, 6) is -1.03. The zero-order valence-electron chi connectivity index (χ0n) is 23.8. The van der Waals surface area contributed by atoms with Crippen LogP contribution in [0, 0.1) is 0 Å². The van der Waals surface area contributed by atoms with Gasteiger partial charge in [-0.3, -0.25) is 4.79 Å². The monoisotopic (exact) mass is 582 g/mol. The molecule has 43 heavy (non-hydrogen) atoms. The number of phenols is 1. The quantitative estimate of drug-likeness (QED) is 0.213. The molecule has 0 aromatic heterocycles. The fourth-order valence-electron chi connectivity index (χ4n) is 4.14. The van der Waals surface area contributed by atoms with Crippen molar-refractivity contribution in [2.24, 2.45) is 0 Å². The van der Waals surface area contributed by atoms with Crippen LogP contribution < -0.4 is 10.1 Å². The molecule has 2 amide bonds. The standard InChI is InChI=1S/C34H34N2O7/c1-36(34(40)43-24-27-15-9-4-10-16-27)21-32(38)35-29(33(39)42-23-26-13-7-3-8-14-26)19-28-17-18-30(37)31(20-28)41-22-25-11-5-2-6-12-25/h2-18,20,29,37H,19,21-24H2,1H3,(H,35,38)/t29-/m0/s1. The van der Waals surface area contributed by atoms with Gasteiger partial charge in [-0.05, 0) is 34.4 Å². The molecule has 0 spiro atoms. The van der Waals surface area contributed by atoms with Crippen LogP contribution in [-0.2, 0) is 45.3 Å². The number of benzene rings is 4. The number of nitrogens with zero attached hydrogens (tertiary/aromatic N) is 1. The van der Waals surface area contributed by atoms with Gasteiger partial charge in [0.05, 0.1) is 0 Å². The highest BCUT2D eigenvalue weighted by Crippen LogP contribution is 2.28. The van der Waals surface area contributed by atoms with E-state index in [4.69, 9.17) is 14.2 Å². The first-order valence-electron chi connectivity index (χ1n) is 13.8. The third-order valence-electron chi connectivity index (χ3n) is 6.44.